The fourth-order valence-electron chi connectivity index (χ4n) is 3.33. The van der Waals surface area contributed by atoms with Crippen LogP contribution in [0.1, 0.15) is 20.3 Å². The largest absolute Gasteiger partial charge is 0.463 e. The van der Waals surface area contributed by atoms with Crippen molar-refractivity contribution in [3.63, 3.8) is 0 Å². The van der Waals surface area contributed by atoms with Gasteiger partial charge in [0.1, 0.15) is 0 Å². The number of carbonyl (C=O) groups is 3. The van der Waals surface area contributed by atoms with Crippen molar-refractivity contribution < 1.29 is 19.1 Å². The van der Waals surface area contributed by atoms with Gasteiger partial charge in [-0.1, -0.05) is 34.1 Å². The second kappa shape index (κ2) is 9.05. The number of ether oxygens (including phenoxy) is 1. The lowest BCUT2D eigenvalue weighted by atomic mass is 9.88. The van der Waals surface area contributed by atoms with E-state index in [9.17, 15) is 14.4 Å². The van der Waals surface area contributed by atoms with Gasteiger partial charge in [0, 0.05) is 28.0 Å². The van der Waals surface area contributed by atoms with Crippen molar-refractivity contribution in [2.24, 2.45) is 5.92 Å². The van der Waals surface area contributed by atoms with Gasteiger partial charge in [0.15, 0.2) is 0 Å². The molecule has 0 radical (unpaired) electrons. The standard InChI is InChI=1S/C22H21BrN2O4/c1-3-29-22(28)20-14(2)25(17-7-5-4-6-8-17)19(26)13-18(20)21(27)24-16-11-9-15(23)10-12-16/h4-12,18H,3,13H2,1-2H3,(H,24,27)/t18-/m0/s1. The number of anilines is 2. The number of carbonyl (C=O) groups excluding carboxylic acids is 3. The Morgan fingerprint density at radius 1 is 1.14 bits per heavy atom. The fourth-order valence-corrected chi connectivity index (χ4v) is 3.59. The molecule has 0 aromatic heterocycles. The van der Waals surface area contributed by atoms with Gasteiger partial charge in [-0.3, -0.25) is 14.5 Å². The summed E-state index contributed by atoms with van der Waals surface area (Å²) in [4.78, 5) is 40.0. The summed E-state index contributed by atoms with van der Waals surface area (Å²) >= 11 is 3.35. The Morgan fingerprint density at radius 3 is 2.41 bits per heavy atom. The molecule has 0 fully saturated rings. The van der Waals surface area contributed by atoms with Gasteiger partial charge in [-0.25, -0.2) is 4.79 Å². The van der Waals surface area contributed by atoms with Gasteiger partial charge in [0.2, 0.25) is 11.8 Å². The smallest absolute Gasteiger partial charge is 0.336 e. The van der Waals surface area contributed by atoms with Crippen LogP contribution in [0.15, 0.2) is 70.3 Å². The molecule has 0 bridgehead atoms. The zero-order valence-electron chi connectivity index (χ0n) is 16.1. The van der Waals surface area contributed by atoms with Gasteiger partial charge >= 0.3 is 5.97 Å². The molecule has 1 heterocycles. The third-order valence-electron chi connectivity index (χ3n) is 4.64. The van der Waals surface area contributed by atoms with Crippen molar-refractivity contribution >= 4 is 45.1 Å². The van der Waals surface area contributed by atoms with Gasteiger partial charge < -0.3 is 10.1 Å². The molecule has 7 heteroatoms. The SMILES string of the molecule is CCOC(=O)C1=C(C)N(c2ccccc2)C(=O)C[C@@H]1C(=O)Nc1ccc(Br)cc1. The molecule has 150 valence electrons. The van der Waals surface area contributed by atoms with Gasteiger partial charge in [-0.2, -0.15) is 0 Å². The van der Waals surface area contributed by atoms with Crippen LogP contribution in [0.5, 0.6) is 0 Å². The Labute approximate surface area is 177 Å². The molecule has 2 aromatic carbocycles. The highest BCUT2D eigenvalue weighted by atomic mass is 79.9. The lowest BCUT2D eigenvalue weighted by Gasteiger charge is -2.33. The number of hydrogen-bond acceptors (Lipinski definition) is 4. The molecule has 1 N–H and O–H groups in total. The molecular formula is C22H21BrN2O4. The first-order valence-electron chi connectivity index (χ1n) is 9.24. The number of nitrogens with one attached hydrogen (secondary N) is 1. The number of rotatable bonds is 5. The van der Waals surface area contributed by atoms with Crippen molar-refractivity contribution in [3.05, 3.63) is 70.3 Å². The molecular weight excluding hydrogens is 436 g/mol. The van der Waals surface area contributed by atoms with Crippen LogP contribution in [-0.4, -0.2) is 24.4 Å². The highest BCUT2D eigenvalue weighted by molar-refractivity contribution is 9.10. The lowest BCUT2D eigenvalue weighted by molar-refractivity contribution is -0.141. The van der Waals surface area contributed by atoms with E-state index in [-0.39, 0.29) is 24.5 Å². The number of esters is 1. The number of para-hydroxylation sites is 1. The van der Waals surface area contributed by atoms with Gasteiger partial charge in [0.05, 0.1) is 18.1 Å². The maximum atomic E-state index is 13.0. The molecule has 1 atom stereocenters. The van der Waals surface area contributed by atoms with Gasteiger partial charge in [-0.05, 0) is 50.2 Å². The monoisotopic (exact) mass is 456 g/mol. The third-order valence-corrected chi connectivity index (χ3v) is 5.17. The second-order valence-electron chi connectivity index (χ2n) is 6.54. The number of halogens is 1. The Kier molecular flexibility index (Phi) is 6.49. The van der Waals surface area contributed by atoms with E-state index in [0.717, 1.165) is 4.47 Å². The van der Waals surface area contributed by atoms with Crippen molar-refractivity contribution in [2.45, 2.75) is 20.3 Å². The maximum absolute atomic E-state index is 13.0. The van der Waals surface area contributed by atoms with Crippen LogP contribution in [-0.2, 0) is 19.1 Å². The molecule has 0 saturated carbocycles. The van der Waals surface area contributed by atoms with Crippen LogP contribution < -0.4 is 10.2 Å². The average Bonchev–Trinajstić information content (AvgIpc) is 2.70. The fraction of sp³-hybridized carbons (Fsp3) is 0.227. The van der Waals surface area contributed by atoms with Crippen molar-refractivity contribution in [1.82, 2.24) is 0 Å². The molecule has 0 unspecified atom stereocenters. The van der Waals surface area contributed by atoms with Crippen molar-refractivity contribution in [1.29, 1.82) is 0 Å². The molecule has 6 nitrogen and oxygen atoms in total. The first-order chi connectivity index (χ1) is 13.9. The van der Waals surface area contributed by atoms with E-state index in [4.69, 9.17) is 4.74 Å². The number of hydrogen-bond donors (Lipinski definition) is 1. The van der Waals surface area contributed by atoms with Crippen LogP contribution in [0.3, 0.4) is 0 Å². The first-order valence-corrected chi connectivity index (χ1v) is 10.0. The minimum atomic E-state index is -0.926. The van der Waals surface area contributed by atoms with E-state index in [1.807, 2.05) is 18.2 Å². The summed E-state index contributed by atoms with van der Waals surface area (Å²) in [6.45, 7) is 3.54. The summed E-state index contributed by atoms with van der Waals surface area (Å²) < 4.78 is 6.08. The number of benzene rings is 2. The van der Waals surface area contributed by atoms with Crippen LogP contribution in [0.4, 0.5) is 11.4 Å². The molecule has 29 heavy (non-hydrogen) atoms. The summed E-state index contributed by atoms with van der Waals surface area (Å²) in [5.41, 5.74) is 1.83. The highest BCUT2D eigenvalue weighted by Gasteiger charge is 2.40. The van der Waals surface area contributed by atoms with Crippen LogP contribution in [0, 0.1) is 5.92 Å². The predicted octanol–water partition coefficient (Wildman–Crippen LogP) is 4.28. The first kappa shape index (κ1) is 20.8. The second-order valence-corrected chi connectivity index (χ2v) is 7.45. The van der Waals surface area contributed by atoms with E-state index in [2.05, 4.69) is 21.2 Å². The molecule has 2 amide bonds. The Bertz CT molecular complexity index is 955. The summed E-state index contributed by atoms with van der Waals surface area (Å²) in [6, 6.07) is 16.1. The minimum Gasteiger partial charge on any atom is -0.463 e. The molecule has 0 spiro atoms. The Hall–Kier alpha value is -2.93. The lowest BCUT2D eigenvalue weighted by Crippen LogP contribution is -2.43. The van der Waals surface area contributed by atoms with E-state index >= 15 is 0 Å². The van der Waals surface area contributed by atoms with Crippen molar-refractivity contribution in [3.8, 4) is 0 Å². The normalized spacial score (nSPS) is 16.6. The number of amides is 2. The Morgan fingerprint density at radius 2 is 1.79 bits per heavy atom. The summed E-state index contributed by atoms with van der Waals surface area (Å²) in [7, 11) is 0. The van der Waals surface area contributed by atoms with E-state index < -0.39 is 17.8 Å². The molecule has 1 aliphatic rings. The quantitative estimate of drug-likeness (QED) is 0.681. The van der Waals surface area contributed by atoms with Crippen molar-refractivity contribution in [2.75, 3.05) is 16.8 Å². The highest BCUT2D eigenvalue weighted by Crippen LogP contribution is 2.34. The van der Waals surface area contributed by atoms with E-state index in [0.29, 0.717) is 17.1 Å². The van der Waals surface area contributed by atoms with Crippen LogP contribution >= 0.6 is 15.9 Å². The molecule has 1 aliphatic heterocycles. The topological polar surface area (TPSA) is 75.7 Å². The summed E-state index contributed by atoms with van der Waals surface area (Å²) in [6.07, 6.45) is -0.122. The van der Waals surface area contributed by atoms with Crippen LogP contribution in [0.25, 0.3) is 0 Å². The zero-order valence-corrected chi connectivity index (χ0v) is 17.7. The average molecular weight is 457 g/mol. The molecule has 3 rings (SSSR count). The van der Waals surface area contributed by atoms with Crippen LogP contribution in [0.2, 0.25) is 0 Å². The summed E-state index contributed by atoms with van der Waals surface area (Å²) in [5, 5.41) is 2.79. The summed E-state index contributed by atoms with van der Waals surface area (Å²) in [5.74, 6) is -2.19. The van der Waals surface area contributed by atoms with E-state index in [1.54, 1.807) is 50.2 Å². The molecule has 0 aliphatic carbocycles. The molecule has 0 saturated heterocycles. The molecule has 2 aromatic rings. The number of allylic oxidation sites excluding steroid dienone is 1. The van der Waals surface area contributed by atoms with E-state index in [1.165, 1.54) is 4.90 Å². The third kappa shape index (κ3) is 4.56. The Balaban J connectivity index is 1.98. The number of nitrogens with zero attached hydrogens (tertiary/aromatic N) is 1. The predicted molar refractivity (Wildman–Crippen MR) is 114 cm³/mol. The zero-order chi connectivity index (χ0) is 21.0. The van der Waals surface area contributed by atoms with Gasteiger partial charge in [-0.15, -0.1) is 0 Å². The maximum Gasteiger partial charge on any atom is 0.336 e. The minimum absolute atomic E-state index is 0.122. The van der Waals surface area contributed by atoms with Gasteiger partial charge in [0.25, 0.3) is 0 Å².